The van der Waals surface area contributed by atoms with Gasteiger partial charge in [0.05, 0.1) is 19.8 Å². The summed E-state index contributed by atoms with van der Waals surface area (Å²) in [5, 5.41) is 9.32. The van der Waals surface area contributed by atoms with E-state index in [2.05, 4.69) is 0 Å². The van der Waals surface area contributed by atoms with E-state index in [0.717, 1.165) is 5.56 Å². The van der Waals surface area contributed by atoms with Gasteiger partial charge in [0, 0.05) is 6.04 Å². The SMILES string of the molecule is CCOc1cc(C(N)CC(C)O)ccc1OC.Cl. The fourth-order valence-electron chi connectivity index (χ4n) is 1.70. The summed E-state index contributed by atoms with van der Waals surface area (Å²) in [5.74, 6) is 1.38. The molecule has 3 N–H and O–H groups in total. The van der Waals surface area contributed by atoms with Crippen molar-refractivity contribution in [3.8, 4) is 11.5 Å². The molecule has 0 saturated heterocycles. The lowest BCUT2D eigenvalue weighted by Gasteiger charge is -2.16. The molecule has 0 radical (unpaired) electrons. The number of aliphatic hydroxyl groups excluding tert-OH is 1. The molecule has 0 aliphatic rings. The van der Waals surface area contributed by atoms with E-state index in [9.17, 15) is 5.11 Å². The van der Waals surface area contributed by atoms with Gasteiger partial charge in [0.15, 0.2) is 11.5 Å². The summed E-state index contributed by atoms with van der Waals surface area (Å²) < 4.78 is 10.7. The molecule has 1 aromatic carbocycles. The third kappa shape index (κ3) is 4.72. The molecular weight excluding hydrogens is 254 g/mol. The summed E-state index contributed by atoms with van der Waals surface area (Å²) in [6.07, 6.45) is 0.111. The van der Waals surface area contributed by atoms with Gasteiger partial charge in [-0.1, -0.05) is 6.07 Å². The Hall–Kier alpha value is -0.970. The molecule has 2 atom stereocenters. The van der Waals surface area contributed by atoms with Crippen molar-refractivity contribution < 1.29 is 14.6 Å². The van der Waals surface area contributed by atoms with Crippen molar-refractivity contribution in [1.82, 2.24) is 0 Å². The van der Waals surface area contributed by atoms with Gasteiger partial charge in [0.25, 0.3) is 0 Å². The number of ether oxygens (including phenoxy) is 2. The molecule has 0 fully saturated rings. The molecule has 4 nitrogen and oxygen atoms in total. The van der Waals surface area contributed by atoms with Crippen LogP contribution in [-0.2, 0) is 0 Å². The van der Waals surface area contributed by atoms with Crippen LogP contribution in [-0.4, -0.2) is 24.9 Å². The highest BCUT2D eigenvalue weighted by atomic mass is 35.5. The van der Waals surface area contributed by atoms with Crippen LogP contribution in [0.5, 0.6) is 11.5 Å². The summed E-state index contributed by atoms with van der Waals surface area (Å²) in [6.45, 7) is 4.22. The summed E-state index contributed by atoms with van der Waals surface area (Å²) in [6, 6.07) is 5.41. The molecule has 104 valence electrons. The zero-order chi connectivity index (χ0) is 12.8. The van der Waals surface area contributed by atoms with Crippen LogP contribution in [0.3, 0.4) is 0 Å². The lowest BCUT2D eigenvalue weighted by Crippen LogP contribution is -2.16. The molecule has 0 aliphatic carbocycles. The van der Waals surface area contributed by atoms with Crippen molar-refractivity contribution in [3.05, 3.63) is 23.8 Å². The average molecular weight is 276 g/mol. The van der Waals surface area contributed by atoms with Crippen LogP contribution >= 0.6 is 12.4 Å². The zero-order valence-electron chi connectivity index (χ0n) is 11.1. The van der Waals surface area contributed by atoms with Crippen LogP contribution < -0.4 is 15.2 Å². The fraction of sp³-hybridized carbons (Fsp3) is 0.538. The van der Waals surface area contributed by atoms with Gasteiger partial charge in [-0.05, 0) is 38.0 Å². The Bertz CT molecular complexity index is 358. The Kier molecular flexibility index (Phi) is 7.75. The molecule has 0 amide bonds. The van der Waals surface area contributed by atoms with E-state index in [4.69, 9.17) is 15.2 Å². The minimum atomic E-state index is -0.414. The quantitative estimate of drug-likeness (QED) is 0.836. The molecule has 0 aliphatic heterocycles. The van der Waals surface area contributed by atoms with E-state index < -0.39 is 6.10 Å². The van der Waals surface area contributed by atoms with Crippen LogP contribution in [0.1, 0.15) is 31.9 Å². The first-order valence-corrected chi connectivity index (χ1v) is 5.82. The first-order valence-electron chi connectivity index (χ1n) is 5.82. The number of halogens is 1. The topological polar surface area (TPSA) is 64.7 Å². The molecule has 0 saturated carbocycles. The van der Waals surface area contributed by atoms with Crippen molar-refractivity contribution in [2.24, 2.45) is 5.73 Å². The summed E-state index contributed by atoms with van der Waals surface area (Å²) >= 11 is 0. The molecule has 0 spiro atoms. The van der Waals surface area contributed by atoms with E-state index in [-0.39, 0.29) is 18.4 Å². The average Bonchev–Trinajstić information content (AvgIpc) is 2.28. The smallest absolute Gasteiger partial charge is 0.161 e. The minimum absolute atomic E-state index is 0. The molecule has 5 heteroatoms. The summed E-state index contributed by atoms with van der Waals surface area (Å²) in [7, 11) is 1.60. The molecule has 1 aromatic rings. The second-order valence-electron chi connectivity index (χ2n) is 4.03. The van der Waals surface area contributed by atoms with Crippen LogP contribution in [0, 0.1) is 0 Å². The summed E-state index contributed by atoms with van der Waals surface area (Å²) in [5.41, 5.74) is 6.94. The monoisotopic (exact) mass is 275 g/mol. The van der Waals surface area contributed by atoms with E-state index in [1.165, 1.54) is 0 Å². The lowest BCUT2D eigenvalue weighted by molar-refractivity contribution is 0.175. The van der Waals surface area contributed by atoms with Crippen LogP contribution in [0.15, 0.2) is 18.2 Å². The Morgan fingerprint density at radius 3 is 2.50 bits per heavy atom. The zero-order valence-corrected chi connectivity index (χ0v) is 11.9. The van der Waals surface area contributed by atoms with Crippen molar-refractivity contribution in [1.29, 1.82) is 0 Å². The second-order valence-corrected chi connectivity index (χ2v) is 4.03. The van der Waals surface area contributed by atoms with Crippen LogP contribution in [0.25, 0.3) is 0 Å². The van der Waals surface area contributed by atoms with Crippen LogP contribution in [0.2, 0.25) is 0 Å². The molecule has 1 rings (SSSR count). The number of rotatable bonds is 6. The van der Waals surface area contributed by atoms with Crippen LogP contribution in [0.4, 0.5) is 0 Å². The maximum absolute atomic E-state index is 9.32. The minimum Gasteiger partial charge on any atom is -0.493 e. The van der Waals surface area contributed by atoms with E-state index in [0.29, 0.717) is 24.5 Å². The molecule has 0 bridgehead atoms. The Morgan fingerprint density at radius 2 is 2.00 bits per heavy atom. The Morgan fingerprint density at radius 1 is 1.33 bits per heavy atom. The second kappa shape index (κ2) is 8.19. The highest BCUT2D eigenvalue weighted by Crippen LogP contribution is 2.30. The van der Waals surface area contributed by atoms with E-state index in [1.807, 2.05) is 25.1 Å². The maximum Gasteiger partial charge on any atom is 0.161 e. The molecule has 0 aromatic heterocycles. The van der Waals surface area contributed by atoms with Gasteiger partial charge in [0.2, 0.25) is 0 Å². The first kappa shape index (κ1) is 17.0. The van der Waals surface area contributed by atoms with Gasteiger partial charge in [0.1, 0.15) is 0 Å². The highest BCUT2D eigenvalue weighted by Gasteiger charge is 2.12. The van der Waals surface area contributed by atoms with Crippen molar-refractivity contribution >= 4 is 12.4 Å². The Balaban J connectivity index is 0.00000289. The molecule has 2 unspecified atom stereocenters. The fourth-order valence-corrected chi connectivity index (χ4v) is 1.70. The normalized spacial score (nSPS) is 13.4. The number of hydrogen-bond acceptors (Lipinski definition) is 4. The maximum atomic E-state index is 9.32. The van der Waals surface area contributed by atoms with Crippen molar-refractivity contribution in [2.45, 2.75) is 32.4 Å². The lowest BCUT2D eigenvalue weighted by atomic mass is 10.0. The van der Waals surface area contributed by atoms with E-state index in [1.54, 1.807) is 14.0 Å². The third-order valence-corrected chi connectivity index (χ3v) is 2.51. The number of aliphatic hydroxyl groups is 1. The predicted molar refractivity (Wildman–Crippen MR) is 74.6 cm³/mol. The third-order valence-electron chi connectivity index (χ3n) is 2.51. The van der Waals surface area contributed by atoms with Gasteiger partial charge in [-0.3, -0.25) is 0 Å². The Labute approximate surface area is 115 Å². The van der Waals surface area contributed by atoms with Crippen molar-refractivity contribution in [3.63, 3.8) is 0 Å². The van der Waals surface area contributed by atoms with E-state index >= 15 is 0 Å². The largest absolute Gasteiger partial charge is 0.493 e. The molecular formula is C13H22ClNO3. The van der Waals surface area contributed by atoms with Gasteiger partial charge in [-0.15, -0.1) is 12.4 Å². The number of benzene rings is 1. The molecule has 0 heterocycles. The number of nitrogens with two attached hydrogens (primary N) is 1. The first-order chi connectivity index (χ1) is 8.08. The van der Waals surface area contributed by atoms with Crippen molar-refractivity contribution in [2.75, 3.05) is 13.7 Å². The predicted octanol–water partition coefficient (Wildman–Crippen LogP) is 2.29. The van der Waals surface area contributed by atoms with Gasteiger partial charge in [-0.25, -0.2) is 0 Å². The standard InChI is InChI=1S/C13H21NO3.ClH/c1-4-17-13-8-10(5-6-12(13)16-3)11(14)7-9(2)15;/h5-6,8-9,11,15H,4,7,14H2,1-3H3;1H. The van der Waals surface area contributed by atoms with Gasteiger partial charge >= 0.3 is 0 Å². The highest BCUT2D eigenvalue weighted by molar-refractivity contribution is 5.85. The summed E-state index contributed by atoms with van der Waals surface area (Å²) in [4.78, 5) is 0. The number of methoxy groups -OCH3 is 1. The van der Waals surface area contributed by atoms with Gasteiger partial charge in [-0.2, -0.15) is 0 Å². The molecule has 18 heavy (non-hydrogen) atoms. The number of hydrogen-bond donors (Lipinski definition) is 2. The van der Waals surface area contributed by atoms with Gasteiger partial charge < -0.3 is 20.3 Å².